The lowest BCUT2D eigenvalue weighted by molar-refractivity contribution is -0.121. The van der Waals surface area contributed by atoms with E-state index >= 15 is 0 Å². The highest BCUT2D eigenvalue weighted by Gasteiger charge is 2.32. The number of hydrogen-bond donors (Lipinski definition) is 3. The first-order valence-electron chi connectivity index (χ1n) is 11.8. The van der Waals surface area contributed by atoms with Gasteiger partial charge >= 0.3 is 5.97 Å². The van der Waals surface area contributed by atoms with Gasteiger partial charge in [-0.15, -0.1) is 0 Å². The Kier molecular flexibility index (Phi) is 7.56. The topological polar surface area (TPSA) is 94.8 Å². The molecule has 0 aromatic heterocycles. The number of ketones is 1. The average Bonchev–Trinajstić information content (AvgIpc) is 3.20. The maximum atomic E-state index is 12.5. The Morgan fingerprint density at radius 3 is 2.35 bits per heavy atom. The van der Waals surface area contributed by atoms with Gasteiger partial charge in [-0.25, -0.2) is 4.79 Å². The summed E-state index contributed by atoms with van der Waals surface area (Å²) >= 11 is 0. The second kappa shape index (κ2) is 10.8. The van der Waals surface area contributed by atoms with Crippen LogP contribution in [0.5, 0.6) is 0 Å². The van der Waals surface area contributed by atoms with E-state index in [1.165, 1.54) is 0 Å². The minimum Gasteiger partial charge on any atom is -0.478 e. The standard InChI is InChI=1S/C29H30O5/c30-18-25-16-23-4-2-1-3-22(23)15-24(25)17-26(31)12-10-20-11-14-28(32)27(20)13-7-19-5-8-21(9-6-19)29(33)34/h1-6,8-10,12,15-16,20,26-27,30-31H,7,11,13-14,17-18H2,(H,33,34)/b12-10+/t20-,26?,27+/m0/s1. The SMILES string of the molecule is O=C(O)c1ccc(CC[C@H]2C(=O)CC[C@@H]2/C=C/C(O)Cc2cc3ccccc3cc2CO)cc1. The molecule has 3 aromatic carbocycles. The van der Waals surface area contributed by atoms with Crippen molar-refractivity contribution in [1.82, 2.24) is 0 Å². The molecule has 1 aliphatic rings. The summed E-state index contributed by atoms with van der Waals surface area (Å²) in [5.74, 6) is -0.690. The number of aromatic carboxylic acids is 1. The Morgan fingerprint density at radius 2 is 1.71 bits per heavy atom. The van der Waals surface area contributed by atoms with E-state index in [2.05, 4.69) is 0 Å². The fourth-order valence-corrected chi connectivity index (χ4v) is 4.91. The van der Waals surface area contributed by atoms with Crippen LogP contribution in [0.3, 0.4) is 0 Å². The van der Waals surface area contributed by atoms with Crippen LogP contribution in [-0.4, -0.2) is 33.2 Å². The van der Waals surface area contributed by atoms with Gasteiger partial charge in [0.25, 0.3) is 0 Å². The maximum Gasteiger partial charge on any atom is 0.335 e. The van der Waals surface area contributed by atoms with E-state index in [4.69, 9.17) is 5.11 Å². The second-order valence-corrected chi connectivity index (χ2v) is 9.10. The highest BCUT2D eigenvalue weighted by molar-refractivity contribution is 5.87. The van der Waals surface area contributed by atoms with Crippen molar-refractivity contribution in [3.63, 3.8) is 0 Å². The molecule has 0 amide bonds. The third-order valence-corrected chi connectivity index (χ3v) is 6.85. The van der Waals surface area contributed by atoms with Crippen LogP contribution < -0.4 is 0 Å². The highest BCUT2D eigenvalue weighted by atomic mass is 16.4. The van der Waals surface area contributed by atoms with Gasteiger partial charge in [0.2, 0.25) is 0 Å². The molecule has 4 rings (SSSR count). The molecular formula is C29H30O5. The van der Waals surface area contributed by atoms with Gasteiger partial charge in [0, 0.05) is 18.8 Å². The number of Topliss-reactive ketones (excluding diaryl/α,β-unsaturated/α-hetero) is 1. The molecule has 3 aromatic rings. The number of hydrogen-bond acceptors (Lipinski definition) is 4. The second-order valence-electron chi connectivity index (χ2n) is 9.10. The normalized spacial score (nSPS) is 19.2. The van der Waals surface area contributed by atoms with E-state index in [1.54, 1.807) is 30.3 Å². The van der Waals surface area contributed by atoms with Crippen molar-refractivity contribution in [1.29, 1.82) is 0 Å². The quantitative estimate of drug-likeness (QED) is 0.404. The third-order valence-electron chi connectivity index (χ3n) is 6.85. The molecule has 1 unspecified atom stereocenters. The fourth-order valence-electron chi connectivity index (χ4n) is 4.91. The number of rotatable bonds is 9. The molecule has 0 radical (unpaired) electrons. The van der Waals surface area contributed by atoms with E-state index in [0.717, 1.165) is 33.9 Å². The molecule has 3 atom stereocenters. The lowest BCUT2D eigenvalue weighted by Gasteiger charge is -2.16. The number of aryl methyl sites for hydroxylation is 1. The van der Waals surface area contributed by atoms with Crippen LogP contribution in [0, 0.1) is 11.8 Å². The summed E-state index contributed by atoms with van der Waals surface area (Å²) in [5.41, 5.74) is 3.00. The highest BCUT2D eigenvalue weighted by Crippen LogP contribution is 2.33. The molecule has 1 saturated carbocycles. The van der Waals surface area contributed by atoms with Crippen molar-refractivity contribution in [2.75, 3.05) is 0 Å². The average molecular weight is 459 g/mol. The molecule has 1 aliphatic carbocycles. The van der Waals surface area contributed by atoms with Crippen LogP contribution in [0.4, 0.5) is 0 Å². The summed E-state index contributed by atoms with van der Waals surface area (Å²) in [6, 6.07) is 18.7. The maximum absolute atomic E-state index is 12.5. The molecule has 0 bridgehead atoms. The summed E-state index contributed by atoms with van der Waals surface area (Å²) < 4.78 is 0. The van der Waals surface area contributed by atoms with Gasteiger partial charge in [0.1, 0.15) is 5.78 Å². The molecule has 176 valence electrons. The molecule has 0 aliphatic heterocycles. The Balaban J connectivity index is 1.39. The first-order chi connectivity index (χ1) is 16.4. The first-order valence-corrected chi connectivity index (χ1v) is 11.8. The first kappa shape index (κ1) is 23.9. The number of fused-ring (bicyclic) bond motifs is 1. The molecule has 0 heterocycles. The van der Waals surface area contributed by atoms with Crippen LogP contribution in [0.15, 0.2) is 72.8 Å². The van der Waals surface area contributed by atoms with Gasteiger partial charge in [-0.2, -0.15) is 0 Å². The van der Waals surface area contributed by atoms with Crippen LogP contribution in [0.2, 0.25) is 0 Å². The minimum atomic E-state index is -0.948. The Morgan fingerprint density at radius 1 is 1.03 bits per heavy atom. The zero-order valence-electron chi connectivity index (χ0n) is 19.1. The van der Waals surface area contributed by atoms with E-state index < -0.39 is 12.1 Å². The molecule has 1 fully saturated rings. The van der Waals surface area contributed by atoms with Crippen LogP contribution in [0.1, 0.15) is 46.3 Å². The number of carboxylic acids is 1. The molecule has 5 heteroatoms. The van der Waals surface area contributed by atoms with E-state index in [9.17, 15) is 19.8 Å². The van der Waals surface area contributed by atoms with E-state index in [1.807, 2.05) is 42.5 Å². The summed E-state index contributed by atoms with van der Waals surface area (Å²) in [5, 5.41) is 31.6. The zero-order chi connectivity index (χ0) is 24.1. The molecular weight excluding hydrogens is 428 g/mol. The molecule has 0 spiro atoms. The summed E-state index contributed by atoms with van der Waals surface area (Å²) in [6.45, 7) is -0.0801. The van der Waals surface area contributed by atoms with Crippen LogP contribution in [-0.2, 0) is 24.2 Å². The van der Waals surface area contributed by atoms with Crippen molar-refractivity contribution in [3.8, 4) is 0 Å². The lowest BCUT2D eigenvalue weighted by atomic mass is 9.88. The molecule has 34 heavy (non-hydrogen) atoms. The molecule has 5 nitrogen and oxygen atoms in total. The van der Waals surface area contributed by atoms with Gasteiger partial charge in [0.15, 0.2) is 0 Å². The minimum absolute atomic E-state index is 0.0801. The fraction of sp³-hybridized carbons (Fsp3) is 0.310. The molecule has 0 saturated heterocycles. The number of benzene rings is 3. The zero-order valence-corrected chi connectivity index (χ0v) is 19.1. The van der Waals surface area contributed by atoms with Gasteiger partial charge in [-0.05, 0) is 70.8 Å². The predicted molar refractivity (Wildman–Crippen MR) is 132 cm³/mol. The number of carbonyl (C=O) groups is 2. The number of carbonyl (C=O) groups excluding carboxylic acids is 1. The Bertz CT molecular complexity index is 1190. The molecule has 3 N–H and O–H groups in total. The number of aliphatic hydroxyl groups is 2. The van der Waals surface area contributed by atoms with Crippen molar-refractivity contribution in [2.45, 2.75) is 44.8 Å². The third kappa shape index (κ3) is 5.61. The van der Waals surface area contributed by atoms with E-state index in [-0.39, 0.29) is 29.8 Å². The van der Waals surface area contributed by atoms with Gasteiger partial charge in [0.05, 0.1) is 18.3 Å². The smallest absolute Gasteiger partial charge is 0.335 e. The summed E-state index contributed by atoms with van der Waals surface area (Å²) in [4.78, 5) is 23.5. The predicted octanol–water partition coefficient (Wildman–Crippen LogP) is 4.72. The Hall–Kier alpha value is -3.28. The van der Waals surface area contributed by atoms with E-state index in [0.29, 0.717) is 25.7 Å². The summed E-state index contributed by atoms with van der Waals surface area (Å²) in [6.07, 6.45) is 6.21. The Labute approximate surface area is 199 Å². The van der Waals surface area contributed by atoms with Crippen molar-refractivity contribution in [2.24, 2.45) is 11.8 Å². The number of aliphatic hydroxyl groups excluding tert-OH is 2. The monoisotopic (exact) mass is 458 g/mol. The lowest BCUT2D eigenvalue weighted by Crippen LogP contribution is -2.15. The van der Waals surface area contributed by atoms with Gasteiger partial charge in [-0.3, -0.25) is 4.79 Å². The number of allylic oxidation sites excluding steroid dienone is 1. The van der Waals surface area contributed by atoms with Gasteiger partial charge in [-0.1, -0.05) is 54.6 Å². The van der Waals surface area contributed by atoms with Crippen LogP contribution in [0.25, 0.3) is 10.8 Å². The largest absolute Gasteiger partial charge is 0.478 e. The van der Waals surface area contributed by atoms with Crippen molar-refractivity contribution < 1.29 is 24.9 Å². The van der Waals surface area contributed by atoms with Crippen LogP contribution >= 0.6 is 0 Å². The number of carboxylic acid groups (broad SMARTS) is 1. The van der Waals surface area contributed by atoms with Crippen molar-refractivity contribution in [3.05, 3.63) is 95.1 Å². The summed E-state index contributed by atoms with van der Waals surface area (Å²) in [7, 11) is 0. The van der Waals surface area contributed by atoms with Crippen molar-refractivity contribution >= 4 is 22.5 Å². The van der Waals surface area contributed by atoms with Gasteiger partial charge < -0.3 is 15.3 Å².